The van der Waals surface area contributed by atoms with E-state index in [4.69, 9.17) is 21.1 Å². The van der Waals surface area contributed by atoms with Crippen LogP contribution in [-0.2, 0) is 11.4 Å². The highest BCUT2D eigenvalue weighted by Crippen LogP contribution is 2.30. The highest BCUT2D eigenvalue weighted by atomic mass is 35.5. The van der Waals surface area contributed by atoms with Crippen LogP contribution < -0.4 is 14.8 Å². The average Bonchev–Trinajstić information content (AvgIpc) is 2.80. The number of carbonyl (C=O) groups is 1. The summed E-state index contributed by atoms with van der Waals surface area (Å²) in [6, 6.07) is 22.3. The number of nitriles is 1. The van der Waals surface area contributed by atoms with Gasteiger partial charge in [0.1, 0.15) is 18.2 Å². The zero-order valence-corrected chi connectivity index (χ0v) is 18.6. The quantitative estimate of drug-likeness (QED) is 0.331. The fourth-order valence-corrected chi connectivity index (χ4v) is 3.16. The number of rotatable bonds is 8. The molecule has 0 radical (unpaired) electrons. The lowest BCUT2D eigenvalue weighted by Gasteiger charge is -2.13. The molecule has 3 aromatic rings. The number of carbonyl (C=O) groups excluding carboxylic acids is 1. The highest BCUT2D eigenvalue weighted by Gasteiger charge is 2.13. The van der Waals surface area contributed by atoms with Gasteiger partial charge in [0, 0.05) is 10.7 Å². The standard InChI is InChI=1S/C26H23ClN2O3/c1-3-31-25-15-20(12-13-24(25)32-17-19-8-5-4-6-9-19)14-21(16-28)26(30)29-23-11-7-10-22(27)18(23)2/h4-15H,3,17H2,1-2H3,(H,29,30)/b21-14+. The topological polar surface area (TPSA) is 71.3 Å². The molecule has 1 N–H and O–H groups in total. The van der Waals surface area contributed by atoms with Gasteiger partial charge in [0.05, 0.1) is 6.61 Å². The maximum atomic E-state index is 12.6. The van der Waals surface area contributed by atoms with Crippen LogP contribution in [0.2, 0.25) is 5.02 Å². The Hall–Kier alpha value is -3.75. The van der Waals surface area contributed by atoms with Crippen LogP contribution >= 0.6 is 11.6 Å². The molecule has 5 nitrogen and oxygen atoms in total. The zero-order chi connectivity index (χ0) is 22.9. The molecule has 3 aromatic carbocycles. The minimum absolute atomic E-state index is 0.0372. The van der Waals surface area contributed by atoms with E-state index in [1.165, 1.54) is 6.08 Å². The van der Waals surface area contributed by atoms with Crippen LogP contribution in [0.15, 0.2) is 72.3 Å². The molecule has 0 bridgehead atoms. The minimum atomic E-state index is -0.514. The lowest BCUT2D eigenvalue weighted by molar-refractivity contribution is -0.112. The Bertz CT molecular complexity index is 1170. The summed E-state index contributed by atoms with van der Waals surface area (Å²) in [7, 11) is 0. The smallest absolute Gasteiger partial charge is 0.266 e. The van der Waals surface area contributed by atoms with Crippen molar-refractivity contribution >= 4 is 29.3 Å². The lowest BCUT2D eigenvalue weighted by Crippen LogP contribution is -2.14. The van der Waals surface area contributed by atoms with Crippen molar-refractivity contribution in [2.45, 2.75) is 20.5 Å². The lowest BCUT2D eigenvalue weighted by atomic mass is 10.1. The maximum absolute atomic E-state index is 12.6. The van der Waals surface area contributed by atoms with Gasteiger partial charge in [0.15, 0.2) is 11.5 Å². The van der Waals surface area contributed by atoms with Crippen molar-refractivity contribution in [2.24, 2.45) is 0 Å². The minimum Gasteiger partial charge on any atom is -0.490 e. The van der Waals surface area contributed by atoms with Crippen molar-refractivity contribution in [3.63, 3.8) is 0 Å². The van der Waals surface area contributed by atoms with Gasteiger partial charge in [0.2, 0.25) is 0 Å². The SMILES string of the molecule is CCOc1cc(/C=C(\C#N)C(=O)Nc2cccc(Cl)c2C)ccc1OCc1ccccc1. The Labute approximate surface area is 192 Å². The second-order valence-corrected chi connectivity index (χ2v) is 7.36. The molecule has 0 heterocycles. The molecule has 0 saturated heterocycles. The molecule has 0 spiro atoms. The fraction of sp³-hybridized carbons (Fsp3) is 0.154. The van der Waals surface area contributed by atoms with Crippen molar-refractivity contribution in [1.82, 2.24) is 0 Å². The Kier molecular flexibility index (Phi) is 7.91. The first-order chi connectivity index (χ1) is 15.5. The zero-order valence-electron chi connectivity index (χ0n) is 17.9. The van der Waals surface area contributed by atoms with E-state index >= 15 is 0 Å². The monoisotopic (exact) mass is 446 g/mol. The predicted octanol–water partition coefficient (Wildman–Crippen LogP) is 6.17. The van der Waals surface area contributed by atoms with Crippen molar-refractivity contribution in [2.75, 3.05) is 11.9 Å². The number of anilines is 1. The molecular formula is C26H23ClN2O3. The summed E-state index contributed by atoms with van der Waals surface area (Å²) >= 11 is 6.11. The molecule has 0 unspecified atom stereocenters. The molecule has 0 saturated carbocycles. The van der Waals surface area contributed by atoms with Crippen LogP contribution in [0.25, 0.3) is 6.08 Å². The molecule has 0 atom stereocenters. The van der Waals surface area contributed by atoms with Gasteiger partial charge in [-0.1, -0.05) is 54.1 Å². The first-order valence-electron chi connectivity index (χ1n) is 10.1. The van der Waals surface area contributed by atoms with Gasteiger partial charge >= 0.3 is 0 Å². The average molecular weight is 447 g/mol. The number of amides is 1. The van der Waals surface area contributed by atoms with Crippen LogP contribution in [0.4, 0.5) is 5.69 Å². The summed E-state index contributed by atoms with van der Waals surface area (Å²) in [5.74, 6) is 0.617. The Balaban J connectivity index is 1.80. The Morgan fingerprint density at radius 3 is 2.56 bits per heavy atom. The van der Waals surface area contributed by atoms with E-state index in [1.807, 2.05) is 43.3 Å². The molecule has 0 aliphatic heterocycles. The van der Waals surface area contributed by atoms with Gasteiger partial charge in [-0.25, -0.2) is 0 Å². The summed E-state index contributed by atoms with van der Waals surface area (Å²) in [5, 5.41) is 12.8. The molecule has 0 fully saturated rings. The van der Waals surface area contributed by atoms with E-state index in [9.17, 15) is 10.1 Å². The van der Waals surface area contributed by atoms with Gasteiger partial charge in [0.25, 0.3) is 5.91 Å². The van der Waals surface area contributed by atoms with Crippen molar-refractivity contribution in [1.29, 1.82) is 5.26 Å². The van der Waals surface area contributed by atoms with Crippen molar-refractivity contribution < 1.29 is 14.3 Å². The highest BCUT2D eigenvalue weighted by molar-refractivity contribution is 6.31. The largest absolute Gasteiger partial charge is 0.490 e. The summed E-state index contributed by atoms with van der Waals surface area (Å²) in [5.41, 5.74) is 2.94. The maximum Gasteiger partial charge on any atom is 0.266 e. The van der Waals surface area contributed by atoms with Crippen LogP contribution in [0.5, 0.6) is 11.5 Å². The molecule has 0 aromatic heterocycles. The van der Waals surface area contributed by atoms with Crippen molar-refractivity contribution in [3.05, 3.63) is 94.0 Å². The first kappa shape index (κ1) is 22.9. The second kappa shape index (κ2) is 11.0. The van der Waals surface area contributed by atoms with Crippen LogP contribution in [0.3, 0.4) is 0 Å². The van der Waals surface area contributed by atoms with Gasteiger partial charge < -0.3 is 14.8 Å². The van der Waals surface area contributed by atoms with Gasteiger partial charge in [-0.05, 0) is 60.9 Å². The Morgan fingerprint density at radius 2 is 1.84 bits per heavy atom. The van der Waals surface area contributed by atoms with E-state index in [2.05, 4.69) is 5.32 Å². The summed E-state index contributed by atoms with van der Waals surface area (Å²) in [4.78, 5) is 12.6. The molecule has 162 valence electrons. The fourth-order valence-electron chi connectivity index (χ4n) is 2.99. The van der Waals surface area contributed by atoms with Crippen LogP contribution in [0, 0.1) is 18.3 Å². The van der Waals surface area contributed by atoms with Gasteiger partial charge in [-0.2, -0.15) is 5.26 Å². The summed E-state index contributed by atoms with van der Waals surface area (Å²) in [6.45, 7) is 4.54. The molecule has 6 heteroatoms. The summed E-state index contributed by atoms with van der Waals surface area (Å²) in [6.07, 6.45) is 1.51. The number of hydrogen-bond acceptors (Lipinski definition) is 4. The van der Waals surface area contributed by atoms with Crippen molar-refractivity contribution in [3.8, 4) is 17.6 Å². The number of benzene rings is 3. The van der Waals surface area contributed by atoms with E-state index in [0.717, 1.165) is 11.1 Å². The van der Waals surface area contributed by atoms with Crippen LogP contribution in [-0.4, -0.2) is 12.5 Å². The van der Waals surface area contributed by atoms with Gasteiger partial charge in [-0.3, -0.25) is 4.79 Å². The third-order valence-electron chi connectivity index (χ3n) is 4.70. The number of nitrogens with zero attached hydrogens (tertiary/aromatic N) is 1. The molecule has 32 heavy (non-hydrogen) atoms. The number of halogens is 1. The Morgan fingerprint density at radius 1 is 1.06 bits per heavy atom. The van der Waals surface area contributed by atoms with Crippen LogP contribution in [0.1, 0.15) is 23.6 Å². The molecule has 3 rings (SSSR count). The van der Waals surface area contributed by atoms with E-state index in [0.29, 0.717) is 41.0 Å². The normalized spacial score (nSPS) is 10.9. The molecule has 0 aliphatic carbocycles. The third-order valence-corrected chi connectivity index (χ3v) is 5.11. The van der Waals surface area contributed by atoms with E-state index < -0.39 is 5.91 Å². The van der Waals surface area contributed by atoms with Gasteiger partial charge in [-0.15, -0.1) is 0 Å². The number of ether oxygens (including phenoxy) is 2. The predicted molar refractivity (Wildman–Crippen MR) is 127 cm³/mol. The third kappa shape index (κ3) is 5.90. The number of hydrogen-bond donors (Lipinski definition) is 1. The molecular weight excluding hydrogens is 424 g/mol. The first-order valence-corrected chi connectivity index (χ1v) is 10.5. The molecule has 1 amide bonds. The van der Waals surface area contributed by atoms with E-state index in [1.54, 1.807) is 43.3 Å². The molecule has 0 aliphatic rings. The summed E-state index contributed by atoms with van der Waals surface area (Å²) < 4.78 is 11.6. The number of nitrogens with one attached hydrogen (secondary N) is 1. The second-order valence-electron chi connectivity index (χ2n) is 6.95. The van der Waals surface area contributed by atoms with E-state index in [-0.39, 0.29) is 5.57 Å².